The molecule has 2 aromatic rings. The Kier molecular flexibility index (Phi) is 7.82. The number of aryl methyl sites for hydroxylation is 2. The van der Waals surface area contributed by atoms with Crippen LogP contribution in [-0.2, 0) is 14.4 Å². The molecule has 38 heavy (non-hydrogen) atoms. The molecular weight excluding hydrogens is 498 g/mol. The number of hydrogen-bond acceptors (Lipinski definition) is 5. The second-order valence-corrected chi connectivity index (χ2v) is 12.4. The number of benzene rings is 2. The first-order valence-electron chi connectivity index (χ1n) is 13.7. The van der Waals surface area contributed by atoms with Crippen LogP contribution in [-0.4, -0.2) is 56.9 Å². The van der Waals surface area contributed by atoms with Crippen LogP contribution in [0.2, 0.25) is 0 Å². The largest absolute Gasteiger partial charge is 0.396 e. The molecular formula is C30H37N3O4S. The van der Waals surface area contributed by atoms with Crippen molar-refractivity contribution in [1.29, 1.82) is 0 Å². The Balaban J connectivity index is 1.44. The SMILES string of the molecule is Cc1cccc(C)c1NC(=O)C1N(CCCCCCO)C(=O)[C@@H]2[C@@H](C(=O)Nc3ccccc3)[C@H]3CCC12S3. The maximum atomic E-state index is 14.1. The van der Waals surface area contributed by atoms with Crippen LogP contribution in [0, 0.1) is 25.7 Å². The van der Waals surface area contributed by atoms with Crippen LogP contribution >= 0.6 is 11.8 Å². The number of likely N-dealkylation sites (tertiary alicyclic amines) is 1. The predicted octanol–water partition coefficient (Wildman–Crippen LogP) is 4.52. The van der Waals surface area contributed by atoms with Gasteiger partial charge in [-0.15, -0.1) is 11.8 Å². The molecule has 2 aromatic carbocycles. The van der Waals surface area contributed by atoms with E-state index in [1.165, 1.54) is 0 Å². The average Bonchev–Trinajstić information content (AvgIpc) is 3.54. The first kappa shape index (κ1) is 26.8. The van der Waals surface area contributed by atoms with Crippen LogP contribution in [0.5, 0.6) is 0 Å². The normalized spacial score (nSPS) is 27.4. The van der Waals surface area contributed by atoms with Gasteiger partial charge in [-0.3, -0.25) is 14.4 Å². The van der Waals surface area contributed by atoms with Gasteiger partial charge in [0, 0.05) is 29.8 Å². The van der Waals surface area contributed by atoms with E-state index in [1.54, 1.807) is 16.7 Å². The first-order chi connectivity index (χ1) is 18.4. The van der Waals surface area contributed by atoms with E-state index in [1.807, 2.05) is 62.4 Å². The van der Waals surface area contributed by atoms with Gasteiger partial charge in [0.05, 0.1) is 16.6 Å². The van der Waals surface area contributed by atoms with E-state index in [9.17, 15) is 14.4 Å². The fourth-order valence-corrected chi connectivity index (χ4v) is 8.91. The highest BCUT2D eigenvalue weighted by Gasteiger charge is 2.73. The maximum absolute atomic E-state index is 14.1. The number of anilines is 2. The molecule has 3 aliphatic rings. The molecule has 3 fully saturated rings. The lowest BCUT2D eigenvalue weighted by atomic mass is 9.70. The number of hydrogen-bond donors (Lipinski definition) is 3. The number of amides is 3. The number of nitrogens with zero attached hydrogens (tertiary/aromatic N) is 1. The summed E-state index contributed by atoms with van der Waals surface area (Å²) in [5.74, 6) is -1.34. The van der Waals surface area contributed by atoms with E-state index in [2.05, 4.69) is 10.6 Å². The quantitative estimate of drug-likeness (QED) is 0.389. The third kappa shape index (κ3) is 4.73. The van der Waals surface area contributed by atoms with Crippen LogP contribution in [0.25, 0.3) is 0 Å². The van der Waals surface area contributed by atoms with Gasteiger partial charge >= 0.3 is 0 Å². The highest BCUT2D eigenvalue weighted by molar-refractivity contribution is 8.02. The number of unbranched alkanes of at least 4 members (excludes halogenated alkanes) is 3. The Morgan fingerprint density at radius 3 is 2.39 bits per heavy atom. The molecule has 7 nitrogen and oxygen atoms in total. The van der Waals surface area contributed by atoms with E-state index in [4.69, 9.17) is 5.11 Å². The summed E-state index contributed by atoms with van der Waals surface area (Å²) in [6, 6.07) is 14.6. The summed E-state index contributed by atoms with van der Waals surface area (Å²) >= 11 is 1.69. The molecule has 0 aliphatic carbocycles. The van der Waals surface area contributed by atoms with Gasteiger partial charge in [-0.05, 0) is 62.8 Å². The lowest BCUT2D eigenvalue weighted by Gasteiger charge is -2.34. The molecule has 5 rings (SSSR count). The van der Waals surface area contributed by atoms with Gasteiger partial charge in [-0.1, -0.05) is 49.2 Å². The zero-order valence-corrected chi connectivity index (χ0v) is 22.9. The number of aliphatic hydroxyl groups excluding tert-OH is 1. The molecule has 5 atom stereocenters. The van der Waals surface area contributed by atoms with Crippen LogP contribution in [0.1, 0.15) is 49.7 Å². The number of thioether (sulfide) groups is 1. The zero-order chi connectivity index (χ0) is 26.9. The minimum Gasteiger partial charge on any atom is -0.396 e. The molecule has 3 saturated heterocycles. The molecule has 3 amide bonds. The molecule has 202 valence electrons. The third-order valence-corrected chi connectivity index (χ3v) is 10.4. The highest BCUT2D eigenvalue weighted by Crippen LogP contribution is 2.66. The van der Waals surface area contributed by atoms with Crippen molar-refractivity contribution >= 4 is 40.9 Å². The van der Waals surface area contributed by atoms with Crippen molar-refractivity contribution in [2.24, 2.45) is 11.8 Å². The van der Waals surface area contributed by atoms with Crippen LogP contribution in [0.4, 0.5) is 11.4 Å². The Morgan fingerprint density at radius 1 is 0.974 bits per heavy atom. The van der Waals surface area contributed by atoms with Crippen LogP contribution in [0.3, 0.4) is 0 Å². The number of aliphatic hydroxyl groups is 1. The molecule has 2 bridgehead atoms. The lowest BCUT2D eigenvalue weighted by molar-refractivity contribution is -0.138. The fraction of sp³-hybridized carbons (Fsp3) is 0.500. The summed E-state index contributed by atoms with van der Waals surface area (Å²) < 4.78 is -0.605. The predicted molar refractivity (Wildman–Crippen MR) is 151 cm³/mol. The monoisotopic (exact) mass is 535 g/mol. The second-order valence-electron chi connectivity index (χ2n) is 10.8. The lowest BCUT2D eigenvalue weighted by Crippen LogP contribution is -2.51. The number of carbonyl (C=O) groups excluding carboxylic acids is 3. The highest BCUT2D eigenvalue weighted by atomic mass is 32.2. The van der Waals surface area contributed by atoms with E-state index in [-0.39, 0.29) is 29.6 Å². The maximum Gasteiger partial charge on any atom is 0.248 e. The molecule has 0 radical (unpaired) electrons. The van der Waals surface area contributed by atoms with E-state index >= 15 is 0 Å². The molecule has 0 aromatic heterocycles. The Morgan fingerprint density at radius 2 is 1.68 bits per heavy atom. The first-order valence-corrected chi connectivity index (χ1v) is 14.6. The molecule has 2 unspecified atom stereocenters. The summed E-state index contributed by atoms with van der Waals surface area (Å²) in [4.78, 5) is 43.5. The standard InChI is InChI=1S/C30H37N3O4S/c1-19-11-10-12-20(2)25(19)32-28(36)26-30-16-15-22(38-30)23(27(35)31-21-13-6-5-7-14-21)24(30)29(37)33(26)17-8-3-4-9-18-34/h5-7,10-14,22-24,26,34H,3-4,8-9,15-18H2,1-2H3,(H,31,35)(H,32,36)/t22-,23+,24+,26?,30?/m1/s1. The van der Waals surface area contributed by atoms with Gasteiger partial charge in [0.1, 0.15) is 6.04 Å². The van der Waals surface area contributed by atoms with Crippen LogP contribution in [0.15, 0.2) is 48.5 Å². The van der Waals surface area contributed by atoms with Crippen molar-refractivity contribution in [3.05, 3.63) is 59.7 Å². The summed E-state index contributed by atoms with van der Waals surface area (Å²) in [6.07, 6.45) is 4.82. The molecule has 3 aliphatic heterocycles. The summed E-state index contributed by atoms with van der Waals surface area (Å²) in [6.45, 7) is 4.58. The Labute approximate surface area is 228 Å². The molecule has 3 heterocycles. The van der Waals surface area contributed by atoms with Gasteiger partial charge < -0.3 is 20.6 Å². The molecule has 8 heteroatoms. The van der Waals surface area contributed by atoms with Crippen molar-refractivity contribution in [2.45, 2.75) is 68.4 Å². The van der Waals surface area contributed by atoms with Crippen molar-refractivity contribution in [1.82, 2.24) is 4.90 Å². The summed E-state index contributed by atoms with van der Waals surface area (Å²) in [7, 11) is 0. The molecule has 0 saturated carbocycles. The summed E-state index contributed by atoms with van der Waals surface area (Å²) in [5, 5.41) is 15.4. The number of nitrogens with one attached hydrogen (secondary N) is 2. The fourth-order valence-electron chi connectivity index (χ4n) is 6.69. The van der Waals surface area contributed by atoms with Crippen molar-refractivity contribution in [3.63, 3.8) is 0 Å². The number of para-hydroxylation sites is 2. The van der Waals surface area contributed by atoms with Crippen molar-refractivity contribution < 1.29 is 19.5 Å². The third-order valence-electron chi connectivity index (χ3n) is 8.43. The van der Waals surface area contributed by atoms with E-state index in [0.29, 0.717) is 6.54 Å². The van der Waals surface area contributed by atoms with E-state index in [0.717, 1.165) is 61.0 Å². The van der Waals surface area contributed by atoms with Crippen LogP contribution < -0.4 is 10.6 Å². The minimum absolute atomic E-state index is 0.0230. The zero-order valence-electron chi connectivity index (χ0n) is 22.1. The Hall–Kier alpha value is -2.84. The number of fused-ring (bicyclic) bond motifs is 1. The van der Waals surface area contributed by atoms with Gasteiger partial charge in [0.15, 0.2) is 0 Å². The van der Waals surface area contributed by atoms with Gasteiger partial charge in [0.25, 0.3) is 0 Å². The van der Waals surface area contributed by atoms with E-state index < -0.39 is 22.6 Å². The average molecular weight is 536 g/mol. The van der Waals surface area contributed by atoms with Crippen molar-refractivity contribution in [3.8, 4) is 0 Å². The topological polar surface area (TPSA) is 98.7 Å². The number of carbonyl (C=O) groups is 3. The van der Waals surface area contributed by atoms with Gasteiger partial charge in [0.2, 0.25) is 17.7 Å². The van der Waals surface area contributed by atoms with Gasteiger partial charge in [-0.25, -0.2) is 0 Å². The van der Waals surface area contributed by atoms with Gasteiger partial charge in [-0.2, -0.15) is 0 Å². The minimum atomic E-state index is -0.624. The Bertz CT molecular complexity index is 1180. The van der Waals surface area contributed by atoms with Crippen molar-refractivity contribution in [2.75, 3.05) is 23.8 Å². The second kappa shape index (κ2) is 11.1. The molecule has 3 N–H and O–H groups in total. The number of rotatable bonds is 10. The molecule has 1 spiro atoms. The summed E-state index contributed by atoms with van der Waals surface area (Å²) in [5.41, 5.74) is 3.48. The smallest absolute Gasteiger partial charge is 0.248 e.